The maximum absolute atomic E-state index is 10.1. The van der Waals surface area contributed by atoms with E-state index >= 15 is 0 Å². The average molecular weight is 210 g/mol. The van der Waals surface area contributed by atoms with Gasteiger partial charge in [0.05, 0.1) is 18.4 Å². The molecule has 0 bridgehead atoms. The Morgan fingerprint density at radius 3 is 3.00 bits per heavy atom. The van der Waals surface area contributed by atoms with Crippen molar-refractivity contribution in [1.82, 2.24) is 9.78 Å². The molecule has 0 spiro atoms. The number of rotatable bonds is 3. The maximum atomic E-state index is 10.1. The van der Waals surface area contributed by atoms with Crippen LogP contribution in [0.5, 0.6) is 0 Å². The molecule has 0 aliphatic carbocycles. The summed E-state index contributed by atoms with van der Waals surface area (Å²) in [6, 6.07) is 0. The quantitative estimate of drug-likeness (QED) is 0.822. The van der Waals surface area contributed by atoms with Gasteiger partial charge in [-0.3, -0.25) is 4.68 Å². The van der Waals surface area contributed by atoms with Crippen molar-refractivity contribution in [2.45, 2.75) is 51.5 Å². The highest BCUT2D eigenvalue weighted by Crippen LogP contribution is 2.29. The van der Waals surface area contributed by atoms with Crippen LogP contribution in [0.4, 0.5) is 0 Å². The number of aromatic nitrogens is 2. The van der Waals surface area contributed by atoms with Crippen molar-refractivity contribution in [3.63, 3.8) is 0 Å². The zero-order valence-corrected chi connectivity index (χ0v) is 9.26. The SMILES string of the molecule is CCn1cc(C(O)C2CCC(C)O2)cn1. The van der Waals surface area contributed by atoms with E-state index < -0.39 is 6.10 Å². The Morgan fingerprint density at radius 1 is 1.67 bits per heavy atom. The van der Waals surface area contributed by atoms with Crippen molar-refractivity contribution in [3.05, 3.63) is 18.0 Å². The van der Waals surface area contributed by atoms with Gasteiger partial charge in [-0.05, 0) is 26.7 Å². The van der Waals surface area contributed by atoms with Gasteiger partial charge in [0, 0.05) is 18.3 Å². The third-order valence-electron chi connectivity index (χ3n) is 2.94. The van der Waals surface area contributed by atoms with Crippen molar-refractivity contribution >= 4 is 0 Å². The monoisotopic (exact) mass is 210 g/mol. The van der Waals surface area contributed by atoms with Crippen molar-refractivity contribution in [3.8, 4) is 0 Å². The summed E-state index contributed by atoms with van der Waals surface area (Å²) in [6.45, 7) is 4.90. The van der Waals surface area contributed by atoms with Crippen molar-refractivity contribution in [2.75, 3.05) is 0 Å². The van der Waals surface area contributed by atoms with Gasteiger partial charge < -0.3 is 9.84 Å². The Labute approximate surface area is 89.9 Å². The normalized spacial score (nSPS) is 28.2. The summed E-state index contributed by atoms with van der Waals surface area (Å²) in [5, 5.41) is 14.2. The number of aliphatic hydroxyl groups excluding tert-OH is 1. The molecule has 0 amide bonds. The van der Waals surface area contributed by atoms with Gasteiger partial charge in [0.15, 0.2) is 0 Å². The molecule has 1 N–H and O–H groups in total. The Morgan fingerprint density at radius 2 is 2.47 bits per heavy atom. The van der Waals surface area contributed by atoms with Crippen molar-refractivity contribution in [1.29, 1.82) is 0 Å². The molecule has 3 atom stereocenters. The molecule has 1 aromatic rings. The number of aryl methyl sites for hydroxylation is 1. The first-order chi connectivity index (χ1) is 7.20. The summed E-state index contributed by atoms with van der Waals surface area (Å²) in [7, 11) is 0. The molecule has 84 valence electrons. The summed E-state index contributed by atoms with van der Waals surface area (Å²) < 4.78 is 7.45. The molecule has 0 aromatic carbocycles. The Balaban J connectivity index is 2.03. The minimum absolute atomic E-state index is 0.0606. The highest BCUT2D eigenvalue weighted by molar-refractivity contribution is 5.10. The van der Waals surface area contributed by atoms with Crippen LogP contribution in [0.3, 0.4) is 0 Å². The molecule has 1 aliphatic heterocycles. The predicted molar refractivity (Wildman–Crippen MR) is 56.4 cm³/mol. The number of nitrogens with zero attached hydrogens (tertiary/aromatic N) is 2. The molecule has 0 radical (unpaired) electrons. The number of hydrogen-bond acceptors (Lipinski definition) is 3. The summed E-state index contributed by atoms with van der Waals surface area (Å²) >= 11 is 0. The van der Waals surface area contributed by atoms with Crippen LogP contribution < -0.4 is 0 Å². The van der Waals surface area contributed by atoms with E-state index in [-0.39, 0.29) is 12.2 Å². The van der Waals surface area contributed by atoms with E-state index in [0.717, 1.165) is 24.9 Å². The van der Waals surface area contributed by atoms with Gasteiger partial charge in [0.25, 0.3) is 0 Å². The van der Waals surface area contributed by atoms with E-state index in [1.165, 1.54) is 0 Å². The van der Waals surface area contributed by atoms with Crippen LogP contribution in [0, 0.1) is 0 Å². The number of aliphatic hydroxyl groups is 1. The van der Waals surface area contributed by atoms with E-state index in [2.05, 4.69) is 5.10 Å². The predicted octanol–water partition coefficient (Wildman–Crippen LogP) is 1.50. The lowest BCUT2D eigenvalue weighted by Gasteiger charge is -2.16. The van der Waals surface area contributed by atoms with Gasteiger partial charge in [-0.25, -0.2) is 0 Å². The van der Waals surface area contributed by atoms with Gasteiger partial charge >= 0.3 is 0 Å². The summed E-state index contributed by atoms with van der Waals surface area (Å²) in [6.07, 6.45) is 5.25. The first-order valence-electron chi connectivity index (χ1n) is 5.56. The second-order valence-electron chi connectivity index (χ2n) is 4.14. The van der Waals surface area contributed by atoms with Gasteiger partial charge in [-0.2, -0.15) is 5.10 Å². The fraction of sp³-hybridized carbons (Fsp3) is 0.727. The van der Waals surface area contributed by atoms with Gasteiger partial charge in [0.2, 0.25) is 0 Å². The second-order valence-corrected chi connectivity index (χ2v) is 4.14. The average Bonchev–Trinajstić information content (AvgIpc) is 2.84. The van der Waals surface area contributed by atoms with Crippen LogP contribution in [0.15, 0.2) is 12.4 Å². The largest absolute Gasteiger partial charge is 0.386 e. The Kier molecular flexibility index (Phi) is 3.07. The van der Waals surface area contributed by atoms with Crippen LogP contribution >= 0.6 is 0 Å². The van der Waals surface area contributed by atoms with Crippen LogP contribution in [0.25, 0.3) is 0 Å². The molecule has 3 unspecified atom stereocenters. The van der Waals surface area contributed by atoms with E-state index in [0.29, 0.717) is 0 Å². The topological polar surface area (TPSA) is 47.3 Å². The number of hydrogen-bond donors (Lipinski definition) is 1. The highest BCUT2D eigenvalue weighted by atomic mass is 16.5. The first-order valence-corrected chi connectivity index (χ1v) is 5.56. The minimum Gasteiger partial charge on any atom is -0.386 e. The fourth-order valence-corrected chi connectivity index (χ4v) is 1.99. The summed E-state index contributed by atoms with van der Waals surface area (Å²) in [4.78, 5) is 0. The van der Waals surface area contributed by atoms with Crippen LogP contribution in [0.2, 0.25) is 0 Å². The first kappa shape index (κ1) is 10.6. The summed E-state index contributed by atoms with van der Waals surface area (Å²) in [5.74, 6) is 0. The fourth-order valence-electron chi connectivity index (χ4n) is 1.99. The minimum atomic E-state index is -0.532. The van der Waals surface area contributed by atoms with Gasteiger partial charge in [-0.15, -0.1) is 0 Å². The lowest BCUT2D eigenvalue weighted by molar-refractivity contribution is -0.0297. The van der Waals surface area contributed by atoms with E-state index in [9.17, 15) is 5.11 Å². The van der Waals surface area contributed by atoms with E-state index in [1.54, 1.807) is 6.20 Å². The molecular weight excluding hydrogens is 192 g/mol. The van der Waals surface area contributed by atoms with E-state index in [1.807, 2.05) is 24.7 Å². The molecule has 2 heterocycles. The van der Waals surface area contributed by atoms with E-state index in [4.69, 9.17) is 4.74 Å². The Hall–Kier alpha value is -0.870. The molecule has 2 rings (SSSR count). The maximum Gasteiger partial charge on any atom is 0.108 e. The molecule has 1 aromatic heterocycles. The van der Waals surface area contributed by atoms with Gasteiger partial charge in [-0.1, -0.05) is 0 Å². The van der Waals surface area contributed by atoms with Gasteiger partial charge in [0.1, 0.15) is 6.10 Å². The molecule has 4 nitrogen and oxygen atoms in total. The molecule has 0 saturated carbocycles. The highest BCUT2D eigenvalue weighted by Gasteiger charge is 2.29. The molecule has 1 aliphatic rings. The standard InChI is InChI=1S/C11H18N2O2/c1-3-13-7-9(6-12-13)11(14)10-5-4-8(2)15-10/h6-8,10-11,14H,3-5H2,1-2H3. The number of ether oxygens (including phenoxy) is 1. The van der Waals surface area contributed by atoms with Crippen molar-refractivity contribution in [2.24, 2.45) is 0 Å². The Bertz CT molecular complexity index is 324. The third-order valence-corrected chi connectivity index (χ3v) is 2.94. The smallest absolute Gasteiger partial charge is 0.108 e. The molecule has 15 heavy (non-hydrogen) atoms. The molecule has 1 fully saturated rings. The van der Waals surface area contributed by atoms with Crippen LogP contribution in [0.1, 0.15) is 38.4 Å². The zero-order chi connectivity index (χ0) is 10.8. The molecule has 4 heteroatoms. The van der Waals surface area contributed by atoms with Crippen LogP contribution in [-0.4, -0.2) is 27.1 Å². The zero-order valence-electron chi connectivity index (χ0n) is 9.26. The third kappa shape index (κ3) is 2.21. The lowest BCUT2D eigenvalue weighted by Crippen LogP contribution is -2.18. The second kappa shape index (κ2) is 4.33. The van der Waals surface area contributed by atoms with Crippen LogP contribution in [-0.2, 0) is 11.3 Å². The molecule has 1 saturated heterocycles. The molecular formula is C11H18N2O2. The summed E-state index contributed by atoms with van der Waals surface area (Å²) in [5.41, 5.74) is 0.857. The van der Waals surface area contributed by atoms with Crippen molar-refractivity contribution < 1.29 is 9.84 Å². The lowest BCUT2D eigenvalue weighted by atomic mass is 10.1.